The Balaban J connectivity index is 3.09. The number of likely N-dealkylation sites (N-methyl/N-ethyl adjacent to an activating group) is 1. The average molecular weight is 265 g/mol. The van der Waals surface area contributed by atoms with E-state index < -0.39 is 17.5 Å². The van der Waals surface area contributed by atoms with Crippen molar-refractivity contribution in [2.24, 2.45) is 0 Å². The Labute approximate surface area is 110 Å². The molecule has 0 heterocycles. The van der Waals surface area contributed by atoms with Gasteiger partial charge in [0, 0.05) is 33.4 Å². The van der Waals surface area contributed by atoms with Crippen LogP contribution in [0.2, 0.25) is 0 Å². The molecule has 0 aliphatic heterocycles. The van der Waals surface area contributed by atoms with Crippen molar-refractivity contribution in [3.63, 3.8) is 0 Å². The first kappa shape index (κ1) is 14.6. The van der Waals surface area contributed by atoms with E-state index in [2.05, 4.69) is 0 Å². The highest BCUT2D eigenvalue weighted by molar-refractivity contribution is 6.07. The van der Waals surface area contributed by atoms with E-state index >= 15 is 0 Å². The molecule has 1 amide bonds. The molecule has 1 aromatic rings. The molecule has 0 aliphatic rings. The van der Waals surface area contributed by atoms with Crippen molar-refractivity contribution in [2.45, 2.75) is 0 Å². The number of carbonyl (C=O) groups excluding carboxylic acids is 1. The van der Waals surface area contributed by atoms with Gasteiger partial charge in [0.15, 0.2) is 0 Å². The first-order valence-corrected chi connectivity index (χ1v) is 5.38. The summed E-state index contributed by atoms with van der Waals surface area (Å²) in [6, 6.07) is 4.62. The summed E-state index contributed by atoms with van der Waals surface area (Å²) < 4.78 is 26.3. The average Bonchev–Trinajstić information content (AvgIpc) is 2.34. The molecule has 6 heteroatoms. The van der Waals surface area contributed by atoms with Crippen molar-refractivity contribution in [1.82, 2.24) is 4.90 Å². The lowest BCUT2D eigenvalue weighted by atomic mass is 10.2. The van der Waals surface area contributed by atoms with Gasteiger partial charge in [-0.1, -0.05) is 0 Å². The minimum absolute atomic E-state index is 0.0914. The molecule has 0 saturated carbocycles. The zero-order valence-corrected chi connectivity index (χ0v) is 10.8. The van der Waals surface area contributed by atoms with E-state index in [1.54, 1.807) is 20.2 Å². The summed E-state index contributed by atoms with van der Waals surface area (Å²) >= 11 is 0. The predicted molar refractivity (Wildman–Crippen MR) is 67.2 cm³/mol. The highest BCUT2D eigenvalue weighted by Crippen LogP contribution is 2.20. The van der Waals surface area contributed by atoms with E-state index in [-0.39, 0.29) is 11.3 Å². The van der Waals surface area contributed by atoms with Crippen molar-refractivity contribution in [3.8, 4) is 6.07 Å². The molecule has 0 radical (unpaired) electrons. The van der Waals surface area contributed by atoms with E-state index in [9.17, 15) is 13.6 Å². The molecule has 1 aromatic carbocycles. The topological polar surface area (TPSA) is 47.3 Å². The van der Waals surface area contributed by atoms with Gasteiger partial charge in [-0.3, -0.25) is 4.79 Å². The minimum atomic E-state index is -0.863. The smallest absolute Gasteiger partial charge is 0.270 e. The highest BCUT2D eigenvalue weighted by atomic mass is 19.1. The van der Waals surface area contributed by atoms with E-state index in [1.807, 2.05) is 0 Å². The van der Waals surface area contributed by atoms with E-state index in [0.717, 1.165) is 17.0 Å². The number of amides is 1. The van der Waals surface area contributed by atoms with Gasteiger partial charge in [-0.15, -0.1) is 0 Å². The van der Waals surface area contributed by atoms with Crippen molar-refractivity contribution in [2.75, 3.05) is 26.0 Å². The van der Waals surface area contributed by atoms with Crippen molar-refractivity contribution in [1.29, 1.82) is 5.26 Å². The number of carbonyl (C=O) groups is 1. The fourth-order valence-electron chi connectivity index (χ4n) is 1.43. The molecular weight excluding hydrogens is 252 g/mol. The van der Waals surface area contributed by atoms with Crippen LogP contribution in [-0.4, -0.2) is 32.0 Å². The minimum Gasteiger partial charge on any atom is -0.382 e. The van der Waals surface area contributed by atoms with Crippen LogP contribution in [-0.2, 0) is 4.79 Å². The fraction of sp³-hybridized carbons (Fsp3) is 0.231. The Hall–Kier alpha value is -2.42. The van der Waals surface area contributed by atoms with Crippen LogP contribution < -0.4 is 4.90 Å². The number of benzene rings is 1. The molecule has 0 fully saturated rings. The Morgan fingerprint density at radius 2 is 1.95 bits per heavy atom. The fourth-order valence-corrected chi connectivity index (χ4v) is 1.43. The van der Waals surface area contributed by atoms with Crippen molar-refractivity contribution in [3.05, 3.63) is 41.6 Å². The van der Waals surface area contributed by atoms with Crippen molar-refractivity contribution >= 4 is 11.6 Å². The van der Waals surface area contributed by atoms with Gasteiger partial charge >= 0.3 is 0 Å². The zero-order valence-electron chi connectivity index (χ0n) is 10.8. The van der Waals surface area contributed by atoms with Gasteiger partial charge < -0.3 is 9.80 Å². The Bertz CT molecular complexity index is 561. The molecule has 100 valence electrons. The van der Waals surface area contributed by atoms with E-state index in [4.69, 9.17) is 5.26 Å². The number of hydrogen-bond donors (Lipinski definition) is 0. The molecular formula is C13H13F2N3O. The maximum atomic E-state index is 13.5. The first-order valence-electron chi connectivity index (χ1n) is 5.38. The van der Waals surface area contributed by atoms with Crippen LogP contribution in [0.25, 0.3) is 0 Å². The SMILES string of the molecule is CN(C)/C=C(\C#N)C(=O)N(C)c1ccc(F)cc1F. The number of nitrogens with zero attached hydrogens (tertiary/aromatic N) is 3. The summed E-state index contributed by atoms with van der Waals surface area (Å²) in [5.41, 5.74) is -0.234. The molecule has 0 saturated heterocycles. The van der Waals surface area contributed by atoms with Gasteiger partial charge in [-0.2, -0.15) is 5.26 Å². The monoisotopic (exact) mass is 265 g/mol. The van der Waals surface area contributed by atoms with Crippen LogP contribution in [0, 0.1) is 23.0 Å². The summed E-state index contributed by atoms with van der Waals surface area (Å²) in [5, 5.41) is 8.91. The van der Waals surface area contributed by atoms with E-state index in [0.29, 0.717) is 6.07 Å². The second kappa shape index (κ2) is 5.96. The lowest BCUT2D eigenvalue weighted by Gasteiger charge is -2.18. The number of halogens is 2. The lowest BCUT2D eigenvalue weighted by molar-refractivity contribution is -0.114. The maximum Gasteiger partial charge on any atom is 0.270 e. The number of nitriles is 1. The molecule has 0 spiro atoms. The molecule has 0 bridgehead atoms. The second-order valence-electron chi connectivity index (χ2n) is 4.08. The third-order valence-corrected chi connectivity index (χ3v) is 2.31. The van der Waals surface area contributed by atoms with Gasteiger partial charge in [0.05, 0.1) is 5.69 Å². The quantitative estimate of drug-likeness (QED) is 0.619. The van der Waals surface area contributed by atoms with Crippen LogP contribution in [0.1, 0.15) is 0 Å². The third-order valence-electron chi connectivity index (χ3n) is 2.31. The standard InChI is InChI=1S/C13H13F2N3O/c1-17(2)8-9(7-16)13(19)18(3)12-5-4-10(14)6-11(12)15/h4-6,8H,1-3H3/b9-8+. The summed E-state index contributed by atoms with van der Waals surface area (Å²) in [6.45, 7) is 0. The number of anilines is 1. The largest absolute Gasteiger partial charge is 0.382 e. The number of rotatable bonds is 3. The lowest BCUT2D eigenvalue weighted by Crippen LogP contribution is -2.29. The molecule has 0 unspecified atom stereocenters. The van der Waals surface area contributed by atoms with Crippen LogP contribution in [0.4, 0.5) is 14.5 Å². The third kappa shape index (κ3) is 3.52. The molecule has 1 rings (SSSR count). The van der Waals surface area contributed by atoms with Gasteiger partial charge in [0.1, 0.15) is 23.3 Å². The maximum absolute atomic E-state index is 13.5. The van der Waals surface area contributed by atoms with Crippen LogP contribution >= 0.6 is 0 Å². The summed E-state index contributed by atoms with van der Waals surface area (Å²) in [7, 11) is 4.63. The molecule has 0 N–H and O–H groups in total. The summed E-state index contributed by atoms with van der Waals surface area (Å²) in [4.78, 5) is 14.5. The molecule has 19 heavy (non-hydrogen) atoms. The summed E-state index contributed by atoms with van der Waals surface area (Å²) in [5.74, 6) is -2.26. The summed E-state index contributed by atoms with van der Waals surface area (Å²) in [6.07, 6.45) is 1.33. The molecule has 0 aromatic heterocycles. The Morgan fingerprint density at radius 3 is 2.42 bits per heavy atom. The molecule has 0 aliphatic carbocycles. The van der Waals surface area contributed by atoms with Crippen molar-refractivity contribution < 1.29 is 13.6 Å². The van der Waals surface area contributed by atoms with E-state index in [1.165, 1.54) is 18.1 Å². The normalized spacial score (nSPS) is 10.8. The van der Waals surface area contributed by atoms with Gasteiger partial charge in [0.2, 0.25) is 0 Å². The van der Waals surface area contributed by atoms with Gasteiger partial charge in [-0.05, 0) is 12.1 Å². The zero-order chi connectivity index (χ0) is 14.6. The first-order chi connectivity index (χ1) is 8.86. The predicted octanol–water partition coefficient (Wildman–Crippen LogP) is 1.90. The Morgan fingerprint density at radius 1 is 1.32 bits per heavy atom. The second-order valence-corrected chi connectivity index (χ2v) is 4.08. The highest BCUT2D eigenvalue weighted by Gasteiger charge is 2.19. The van der Waals surface area contributed by atoms with Crippen LogP contribution in [0.5, 0.6) is 0 Å². The molecule has 4 nitrogen and oxygen atoms in total. The Kier molecular flexibility index (Phi) is 4.59. The van der Waals surface area contributed by atoms with Gasteiger partial charge in [-0.25, -0.2) is 8.78 Å². The molecule has 0 atom stereocenters. The van der Waals surface area contributed by atoms with Crippen LogP contribution in [0.3, 0.4) is 0 Å². The number of hydrogen-bond acceptors (Lipinski definition) is 3. The van der Waals surface area contributed by atoms with Crippen LogP contribution in [0.15, 0.2) is 30.0 Å². The van der Waals surface area contributed by atoms with Gasteiger partial charge in [0.25, 0.3) is 5.91 Å².